The maximum absolute atomic E-state index is 13.3. The number of carbonyl (C=O) groups is 4. The first kappa shape index (κ1) is 21.4. The Hall–Kier alpha value is -4.14. The molecule has 1 aliphatic heterocycles. The van der Waals surface area contributed by atoms with Crippen molar-refractivity contribution >= 4 is 34.9 Å². The van der Waals surface area contributed by atoms with Crippen molar-refractivity contribution in [2.45, 2.75) is 6.42 Å². The quantitative estimate of drug-likeness (QED) is 0.158. The summed E-state index contributed by atoms with van der Waals surface area (Å²) in [5, 5.41) is 10.9. The van der Waals surface area contributed by atoms with Gasteiger partial charge in [-0.05, 0) is 48.3 Å². The zero-order valence-electron chi connectivity index (χ0n) is 18.4. The van der Waals surface area contributed by atoms with Crippen LogP contribution in [0.3, 0.4) is 0 Å². The summed E-state index contributed by atoms with van der Waals surface area (Å²) in [5.74, 6) is -1.34. The van der Waals surface area contributed by atoms with E-state index in [2.05, 4.69) is 12.2 Å². The van der Waals surface area contributed by atoms with Gasteiger partial charge in [0, 0.05) is 17.7 Å². The number of esters is 1. The summed E-state index contributed by atoms with van der Waals surface area (Å²) in [6.45, 7) is -0.603. The third-order valence-electron chi connectivity index (χ3n) is 7.72. The van der Waals surface area contributed by atoms with E-state index in [0.717, 1.165) is 12.5 Å². The highest BCUT2D eigenvalue weighted by atomic mass is 16.6. The highest BCUT2D eigenvalue weighted by Crippen LogP contribution is 2.65. The van der Waals surface area contributed by atoms with Gasteiger partial charge >= 0.3 is 5.97 Å². The lowest BCUT2D eigenvalue weighted by Crippen LogP contribution is -2.40. The second-order valence-electron chi connectivity index (χ2n) is 9.52. The first-order chi connectivity index (χ1) is 16.8. The molecule has 3 fully saturated rings. The third-order valence-corrected chi connectivity index (χ3v) is 7.72. The van der Waals surface area contributed by atoms with Crippen LogP contribution in [-0.4, -0.2) is 35.1 Å². The lowest BCUT2D eigenvalue weighted by Gasteiger charge is -2.37. The molecule has 0 aromatic heterocycles. The van der Waals surface area contributed by atoms with Gasteiger partial charge in [0.05, 0.1) is 28.0 Å². The normalized spacial score (nSPS) is 29.5. The summed E-state index contributed by atoms with van der Waals surface area (Å²) in [4.78, 5) is 63.1. The van der Waals surface area contributed by atoms with Crippen molar-refractivity contribution in [1.82, 2.24) is 0 Å². The van der Waals surface area contributed by atoms with Crippen LogP contribution in [0.4, 0.5) is 11.4 Å². The summed E-state index contributed by atoms with van der Waals surface area (Å²) in [7, 11) is 0. The van der Waals surface area contributed by atoms with Gasteiger partial charge in [0.1, 0.15) is 0 Å². The number of hydrogen-bond donors (Lipinski definition) is 0. The van der Waals surface area contributed by atoms with Crippen molar-refractivity contribution in [2.24, 2.45) is 35.5 Å². The fourth-order valence-corrected chi connectivity index (χ4v) is 6.07. The minimum atomic E-state index is -0.801. The fourth-order valence-electron chi connectivity index (χ4n) is 6.07. The van der Waals surface area contributed by atoms with E-state index in [1.165, 1.54) is 35.2 Å². The molecule has 176 valence electrons. The Balaban J connectivity index is 1.17. The van der Waals surface area contributed by atoms with Gasteiger partial charge in [0.25, 0.3) is 5.69 Å². The summed E-state index contributed by atoms with van der Waals surface area (Å²) in [5.41, 5.74) is 0.213. The van der Waals surface area contributed by atoms with Crippen molar-refractivity contribution in [3.8, 4) is 0 Å². The number of ether oxygens (including phenoxy) is 1. The van der Waals surface area contributed by atoms with Gasteiger partial charge in [-0.3, -0.25) is 24.5 Å². The molecular formula is C26H20N2O7. The molecule has 0 unspecified atom stereocenters. The van der Waals surface area contributed by atoms with Crippen molar-refractivity contribution in [1.29, 1.82) is 0 Å². The van der Waals surface area contributed by atoms with Gasteiger partial charge in [0.15, 0.2) is 6.61 Å². The molecule has 2 saturated carbocycles. The van der Waals surface area contributed by atoms with Gasteiger partial charge in [-0.25, -0.2) is 9.69 Å². The Morgan fingerprint density at radius 1 is 0.943 bits per heavy atom. The Morgan fingerprint density at radius 2 is 1.57 bits per heavy atom. The smallest absolute Gasteiger partial charge is 0.338 e. The number of amides is 2. The molecule has 0 N–H and O–H groups in total. The van der Waals surface area contributed by atoms with Crippen molar-refractivity contribution in [2.75, 3.05) is 11.5 Å². The molecule has 5 aliphatic rings. The maximum atomic E-state index is 13.3. The van der Waals surface area contributed by atoms with Crippen molar-refractivity contribution in [3.63, 3.8) is 0 Å². The fraction of sp³-hybridized carbons (Fsp3) is 0.308. The molecule has 2 aromatic rings. The third kappa shape index (κ3) is 3.30. The lowest BCUT2D eigenvalue weighted by atomic mass is 9.63. The molecule has 7 rings (SSSR count). The molecule has 1 heterocycles. The predicted molar refractivity (Wildman–Crippen MR) is 121 cm³/mol. The number of nitro groups is 1. The van der Waals surface area contributed by atoms with Crippen LogP contribution in [0.15, 0.2) is 60.7 Å². The van der Waals surface area contributed by atoms with Gasteiger partial charge < -0.3 is 4.74 Å². The number of imide groups is 1. The van der Waals surface area contributed by atoms with Crippen LogP contribution < -0.4 is 4.90 Å². The average molecular weight is 472 g/mol. The molecule has 2 bridgehead atoms. The van der Waals surface area contributed by atoms with Crippen molar-refractivity contribution in [3.05, 3.63) is 81.9 Å². The van der Waals surface area contributed by atoms with Crippen LogP contribution in [0.5, 0.6) is 0 Å². The maximum Gasteiger partial charge on any atom is 0.338 e. The van der Waals surface area contributed by atoms with Gasteiger partial charge in [0.2, 0.25) is 17.6 Å². The Labute approximate surface area is 199 Å². The molecule has 9 heteroatoms. The van der Waals surface area contributed by atoms with Crippen LogP contribution in [0.2, 0.25) is 0 Å². The molecule has 35 heavy (non-hydrogen) atoms. The van der Waals surface area contributed by atoms with Gasteiger partial charge in [-0.2, -0.15) is 0 Å². The molecule has 6 atom stereocenters. The van der Waals surface area contributed by atoms with E-state index < -0.39 is 23.3 Å². The van der Waals surface area contributed by atoms with E-state index in [-0.39, 0.29) is 52.3 Å². The number of Topliss-reactive ketones (excluding diaryl/α,β-unsaturated/α-hetero) is 1. The number of nitrogens with zero attached hydrogens (tertiary/aromatic N) is 2. The molecule has 1 saturated heterocycles. The zero-order chi connectivity index (χ0) is 24.4. The largest absolute Gasteiger partial charge is 0.454 e. The minimum absolute atomic E-state index is 0.0536. The second kappa shape index (κ2) is 7.69. The standard InChI is InChI=1S/C26H20N2O7/c29-21(13-3-1-6-16(9-13)28(33)34)12-35-26(32)14-4-2-5-15(10-14)27-24(30)22-17-7-8-18(20-11-19(17)20)23(22)25(27)31/h1-10,17-20,22-23H,11-12H2/t17-,18-,19-,20-,22-,23+/m0/s1. The van der Waals surface area contributed by atoms with Crippen LogP contribution in [0.1, 0.15) is 27.1 Å². The molecule has 0 spiro atoms. The van der Waals surface area contributed by atoms with E-state index in [4.69, 9.17) is 4.74 Å². The minimum Gasteiger partial charge on any atom is -0.454 e. The number of anilines is 1. The number of hydrogen-bond acceptors (Lipinski definition) is 7. The first-order valence-electron chi connectivity index (χ1n) is 11.5. The second-order valence-corrected chi connectivity index (χ2v) is 9.52. The molecule has 2 amide bonds. The number of rotatable bonds is 6. The Kier molecular flexibility index (Phi) is 4.70. The topological polar surface area (TPSA) is 124 Å². The number of nitro benzene ring substituents is 1. The number of allylic oxidation sites excluding steroid dienone is 2. The molecule has 0 radical (unpaired) electrons. The van der Waals surface area contributed by atoms with E-state index in [0.29, 0.717) is 17.5 Å². The van der Waals surface area contributed by atoms with Gasteiger partial charge in [-0.1, -0.05) is 30.4 Å². The van der Waals surface area contributed by atoms with Crippen LogP contribution in [0.25, 0.3) is 0 Å². The molecule has 9 nitrogen and oxygen atoms in total. The van der Waals surface area contributed by atoms with E-state index >= 15 is 0 Å². The van der Waals surface area contributed by atoms with Crippen LogP contribution in [0, 0.1) is 45.6 Å². The summed E-state index contributed by atoms with van der Waals surface area (Å²) < 4.78 is 5.12. The highest BCUT2D eigenvalue weighted by Gasteiger charge is 2.67. The van der Waals surface area contributed by atoms with E-state index in [1.54, 1.807) is 12.1 Å². The van der Waals surface area contributed by atoms with Crippen LogP contribution >= 0.6 is 0 Å². The SMILES string of the molecule is O=C(COC(=O)c1cccc(N2C(=O)[C@@H]3[C@H]4C=C[C@@H]([C@@H]5C[C@@H]45)[C@@H]3C2=O)c1)c1cccc([N+](=O)[O-])c1. The zero-order valence-corrected chi connectivity index (χ0v) is 18.4. The first-order valence-corrected chi connectivity index (χ1v) is 11.5. The van der Waals surface area contributed by atoms with E-state index in [9.17, 15) is 29.3 Å². The molecular weight excluding hydrogens is 452 g/mol. The Bertz CT molecular complexity index is 1310. The summed E-state index contributed by atoms with van der Waals surface area (Å²) in [6.07, 6.45) is 5.27. The number of carbonyl (C=O) groups excluding carboxylic acids is 4. The summed E-state index contributed by atoms with van der Waals surface area (Å²) in [6, 6.07) is 11.2. The molecule has 2 aromatic carbocycles. The number of benzene rings is 2. The Morgan fingerprint density at radius 3 is 2.23 bits per heavy atom. The number of non-ortho nitro benzene ring substituents is 1. The monoisotopic (exact) mass is 472 g/mol. The van der Waals surface area contributed by atoms with Gasteiger partial charge in [-0.15, -0.1) is 0 Å². The summed E-state index contributed by atoms with van der Waals surface area (Å²) >= 11 is 0. The van der Waals surface area contributed by atoms with E-state index in [1.807, 2.05) is 0 Å². The number of ketones is 1. The lowest BCUT2D eigenvalue weighted by molar-refractivity contribution is -0.384. The average Bonchev–Trinajstić information content (AvgIpc) is 3.65. The van der Waals surface area contributed by atoms with Crippen LogP contribution in [-0.2, 0) is 14.3 Å². The predicted octanol–water partition coefficient (Wildman–Crippen LogP) is 3.19. The van der Waals surface area contributed by atoms with Crippen molar-refractivity contribution < 1.29 is 28.8 Å². The molecule has 4 aliphatic carbocycles. The highest BCUT2D eigenvalue weighted by molar-refractivity contribution is 6.23.